The van der Waals surface area contributed by atoms with Gasteiger partial charge in [-0.1, -0.05) is 28.9 Å². The minimum atomic E-state index is -0.582. The zero-order chi connectivity index (χ0) is 17.1. The summed E-state index contributed by atoms with van der Waals surface area (Å²) in [5.74, 6) is -0.582. The molecule has 0 fully saturated rings. The largest absolute Gasteiger partial charge is 0.367 e. The van der Waals surface area contributed by atoms with Crippen LogP contribution < -0.4 is 0 Å². The van der Waals surface area contributed by atoms with Gasteiger partial charge in [0, 0.05) is 5.56 Å². The highest BCUT2D eigenvalue weighted by molar-refractivity contribution is 8.00. The molecule has 0 saturated heterocycles. The summed E-state index contributed by atoms with van der Waals surface area (Å²) >= 11 is 9.06. The van der Waals surface area contributed by atoms with Gasteiger partial charge in [0.25, 0.3) is 0 Å². The van der Waals surface area contributed by atoms with Crippen molar-refractivity contribution in [2.45, 2.75) is 23.5 Å². The van der Waals surface area contributed by atoms with Crippen LogP contribution in [0, 0.1) is 11.3 Å². The summed E-state index contributed by atoms with van der Waals surface area (Å²) < 4.78 is 1.04. The van der Waals surface area contributed by atoms with Gasteiger partial charge in [0.15, 0.2) is 0 Å². The minimum absolute atomic E-state index is 0.285. The van der Waals surface area contributed by atoms with Crippen LogP contribution in [0.15, 0.2) is 33.6 Å². The molecule has 0 bridgehead atoms. The van der Waals surface area contributed by atoms with Crippen molar-refractivity contribution >= 4 is 46.4 Å². The molecule has 1 aromatic heterocycles. The third kappa shape index (κ3) is 3.20. The Morgan fingerprint density at radius 3 is 2.92 bits per heavy atom. The standard InChI is InChI=1S/C17H13ClN2O2S2/c1-23-17-15-11(14(9-19)24-17)6-4-8-13(15)20-22-16(21)10-5-2-3-7-12(10)18/h2-3,5,7H,4,6,8H2,1H3. The van der Waals surface area contributed by atoms with Crippen molar-refractivity contribution in [2.24, 2.45) is 5.16 Å². The van der Waals surface area contributed by atoms with Crippen molar-refractivity contribution in [3.05, 3.63) is 50.9 Å². The van der Waals surface area contributed by atoms with Gasteiger partial charge in [0.05, 0.1) is 20.5 Å². The Hall–Kier alpha value is -1.81. The number of fused-ring (bicyclic) bond motifs is 1. The van der Waals surface area contributed by atoms with Crippen molar-refractivity contribution < 1.29 is 9.63 Å². The molecule has 4 nitrogen and oxygen atoms in total. The van der Waals surface area contributed by atoms with Crippen LogP contribution in [0.1, 0.15) is 39.2 Å². The van der Waals surface area contributed by atoms with Crippen LogP contribution in [-0.4, -0.2) is 17.9 Å². The summed E-state index contributed by atoms with van der Waals surface area (Å²) in [5.41, 5.74) is 2.99. The monoisotopic (exact) mass is 376 g/mol. The molecule has 7 heteroatoms. The molecular formula is C17H13ClN2O2S2. The van der Waals surface area contributed by atoms with Gasteiger partial charge < -0.3 is 4.84 Å². The molecule has 2 aromatic rings. The first kappa shape index (κ1) is 17.0. The van der Waals surface area contributed by atoms with Crippen molar-refractivity contribution in [1.29, 1.82) is 5.26 Å². The number of hydrogen-bond acceptors (Lipinski definition) is 6. The number of thiophene rings is 1. The zero-order valence-electron chi connectivity index (χ0n) is 12.8. The van der Waals surface area contributed by atoms with E-state index in [9.17, 15) is 10.1 Å². The minimum Gasteiger partial charge on any atom is -0.312 e. The van der Waals surface area contributed by atoms with Crippen LogP contribution >= 0.6 is 34.7 Å². The zero-order valence-corrected chi connectivity index (χ0v) is 15.2. The Labute approximate surface area is 153 Å². The summed E-state index contributed by atoms with van der Waals surface area (Å²) in [4.78, 5) is 18.0. The molecule has 24 heavy (non-hydrogen) atoms. The Morgan fingerprint density at radius 2 is 2.21 bits per heavy atom. The van der Waals surface area contributed by atoms with Gasteiger partial charge >= 0.3 is 5.97 Å². The Kier molecular flexibility index (Phi) is 5.24. The van der Waals surface area contributed by atoms with Crippen molar-refractivity contribution in [1.82, 2.24) is 0 Å². The van der Waals surface area contributed by atoms with E-state index in [0.29, 0.717) is 5.02 Å². The molecular weight excluding hydrogens is 364 g/mol. The molecule has 0 spiro atoms. The molecule has 1 heterocycles. The quantitative estimate of drug-likeness (QED) is 0.434. The predicted octanol–water partition coefficient (Wildman–Crippen LogP) is 4.89. The molecule has 1 aromatic carbocycles. The third-order valence-electron chi connectivity index (χ3n) is 3.72. The molecule has 0 amide bonds. The number of rotatable bonds is 3. The fraction of sp³-hybridized carbons (Fsp3) is 0.235. The molecule has 0 unspecified atom stereocenters. The molecule has 0 atom stereocenters. The number of oxime groups is 1. The highest BCUT2D eigenvalue weighted by atomic mass is 35.5. The Balaban J connectivity index is 1.91. The fourth-order valence-corrected chi connectivity index (χ4v) is 4.77. The first-order chi connectivity index (χ1) is 11.7. The summed E-state index contributed by atoms with van der Waals surface area (Å²) in [6, 6.07) is 8.95. The topological polar surface area (TPSA) is 62.4 Å². The van der Waals surface area contributed by atoms with Crippen molar-refractivity contribution in [3.63, 3.8) is 0 Å². The van der Waals surface area contributed by atoms with Gasteiger partial charge in [-0.2, -0.15) is 5.26 Å². The fourth-order valence-electron chi connectivity index (χ4n) is 2.63. The van der Waals surface area contributed by atoms with E-state index in [-0.39, 0.29) is 5.56 Å². The summed E-state index contributed by atoms with van der Waals surface area (Å²) in [6.45, 7) is 0. The lowest BCUT2D eigenvalue weighted by atomic mass is 9.92. The van der Waals surface area contributed by atoms with Gasteiger partial charge in [0.2, 0.25) is 0 Å². The van der Waals surface area contributed by atoms with Gasteiger partial charge in [-0.25, -0.2) is 4.79 Å². The Bertz CT molecular complexity index is 868. The number of nitriles is 1. The van der Waals surface area contributed by atoms with Gasteiger partial charge in [-0.05, 0) is 43.2 Å². The molecule has 0 N–H and O–H groups in total. The van der Waals surface area contributed by atoms with Gasteiger partial charge in [0.1, 0.15) is 10.9 Å². The summed E-state index contributed by atoms with van der Waals surface area (Å²) in [5, 5.41) is 13.7. The van der Waals surface area contributed by atoms with Gasteiger partial charge in [-0.15, -0.1) is 23.1 Å². The van der Waals surface area contributed by atoms with Crippen molar-refractivity contribution in [2.75, 3.05) is 6.26 Å². The first-order valence-corrected chi connectivity index (χ1v) is 9.70. The number of carbonyl (C=O) groups excluding carboxylic acids is 1. The molecule has 0 radical (unpaired) electrons. The van der Waals surface area contributed by atoms with Crippen LogP contribution in [0.4, 0.5) is 0 Å². The van der Waals surface area contributed by atoms with E-state index in [1.165, 1.54) is 11.3 Å². The van der Waals surface area contributed by atoms with E-state index in [1.807, 2.05) is 6.26 Å². The average molecular weight is 377 g/mol. The second-order valence-corrected chi connectivity index (χ2v) is 7.64. The summed E-state index contributed by atoms with van der Waals surface area (Å²) in [7, 11) is 0. The highest BCUT2D eigenvalue weighted by Crippen LogP contribution is 2.39. The lowest BCUT2D eigenvalue weighted by molar-refractivity contribution is 0.0515. The van der Waals surface area contributed by atoms with Crippen LogP contribution in [0.2, 0.25) is 5.02 Å². The van der Waals surface area contributed by atoms with Crippen LogP contribution in [0.3, 0.4) is 0 Å². The highest BCUT2D eigenvalue weighted by Gasteiger charge is 2.26. The number of nitrogens with zero attached hydrogens (tertiary/aromatic N) is 2. The normalized spacial score (nSPS) is 15.0. The molecule has 1 aliphatic rings. The number of hydrogen-bond donors (Lipinski definition) is 0. The molecule has 1 aliphatic carbocycles. The molecule has 122 valence electrons. The molecule has 0 saturated carbocycles. The third-order valence-corrected chi connectivity index (χ3v) is 6.31. The first-order valence-electron chi connectivity index (χ1n) is 7.28. The Morgan fingerprint density at radius 1 is 1.42 bits per heavy atom. The number of benzene rings is 1. The van der Waals surface area contributed by atoms with E-state index >= 15 is 0 Å². The number of carbonyl (C=O) groups is 1. The average Bonchev–Trinajstić information content (AvgIpc) is 2.98. The predicted molar refractivity (Wildman–Crippen MR) is 97.2 cm³/mol. The maximum Gasteiger partial charge on any atom is 0.367 e. The van der Waals surface area contributed by atoms with Crippen LogP contribution in [0.5, 0.6) is 0 Å². The second-order valence-electron chi connectivity index (χ2n) is 5.14. The SMILES string of the molecule is CSc1sc(C#N)c2c1C(=NOC(=O)c1ccccc1Cl)CCC2. The number of halogens is 1. The molecule has 3 rings (SSSR count). The maximum absolute atomic E-state index is 12.2. The van der Waals surface area contributed by atoms with E-state index in [0.717, 1.165) is 45.2 Å². The van der Waals surface area contributed by atoms with E-state index in [4.69, 9.17) is 16.4 Å². The number of thioether (sulfide) groups is 1. The van der Waals surface area contributed by atoms with Crippen LogP contribution in [0.25, 0.3) is 0 Å². The summed E-state index contributed by atoms with van der Waals surface area (Å²) in [6.07, 6.45) is 4.43. The van der Waals surface area contributed by atoms with Crippen LogP contribution in [-0.2, 0) is 11.3 Å². The second kappa shape index (κ2) is 7.39. The van der Waals surface area contributed by atoms with E-state index < -0.39 is 5.97 Å². The van der Waals surface area contributed by atoms with Gasteiger partial charge in [-0.3, -0.25) is 0 Å². The van der Waals surface area contributed by atoms with Crippen molar-refractivity contribution in [3.8, 4) is 6.07 Å². The van der Waals surface area contributed by atoms with E-state index in [1.54, 1.807) is 36.0 Å². The maximum atomic E-state index is 12.2. The lowest BCUT2D eigenvalue weighted by Crippen LogP contribution is -2.13. The van der Waals surface area contributed by atoms with E-state index in [2.05, 4.69) is 11.2 Å². The lowest BCUT2D eigenvalue weighted by Gasteiger charge is -2.15. The smallest absolute Gasteiger partial charge is 0.312 e. The molecule has 0 aliphatic heterocycles.